The van der Waals surface area contributed by atoms with Crippen molar-refractivity contribution >= 4 is 44.0 Å². The van der Waals surface area contributed by atoms with Gasteiger partial charge in [-0.3, -0.25) is 4.79 Å². The molecular weight excluding hydrogens is 453 g/mol. The average Bonchev–Trinajstić information content (AvgIpc) is 2.79. The number of nitrogens with one attached hydrogen (secondary N) is 1. The second-order valence-electron chi connectivity index (χ2n) is 7.68. The third-order valence-electron chi connectivity index (χ3n) is 5.55. The SMILES string of the molecule is O=C(CCN1CCN(S(=O)(=O)c2ccc3ccccc3c2)CC1)Nc1ccc(Cl)cc1F. The predicted molar refractivity (Wildman–Crippen MR) is 124 cm³/mol. The summed E-state index contributed by atoms with van der Waals surface area (Å²) in [5.41, 5.74) is 0.0886. The second kappa shape index (κ2) is 9.54. The van der Waals surface area contributed by atoms with E-state index in [4.69, 9.17) is 11.6 Å². The molecule has 0 bridgehead atoms. The minimum Gasteiger partial charge on any atom is -0.324 e. The highest BCUT2D eigenvalue weighted by atomic mass is 35.5. The van der Waals surface area contributed by atoms with Crippen LogP contribution in [0.25, 0.3) is 10.8 Å². The smallest absolute Gasteiger partial charge is 0.243 e. The molecule has 32 heavy (non-hydrogen) atoms. The largest absolute Gasteiger partial charge is 0.324 e. The lowest BCUT2D eigenvalue weighted by atomic mass is 10.1. The number of nitrogens with zero attached hydrogens (tertiary/aromatic N) is 2. The lowest BCUT2D eigenvalue weighted by Crippen LogP contribution is -2.49. The second-order valence-corrected chi connectivity index (χ2v) is 10.1. The van der Waals surface area contributed by atoms with Crippen LogP contribution in [0.5, 0.6) is 0 Å². The normalized spacial score (nSPS) is 15.7. The van der Waals surface area contributed by atoms with E-state index in [1.165, 1.54) is 16.4 Å². The summed E-state index contributed by atoms with van der Waals surface area (Å²) >= 11 is 5.72. The number of halogens is 2. The van der Waals surface area contributed by atoms with E-state index in [2.05, 4.69) is 5.32 Å². The third-order valence-corrected chi connectivity index (χ3v) is 7.68. The summed E-state index contributed by atoms with van der Waals surface area (Å²) in [7, 11) is -3.58. The van der Waals surface area contributed by atoms with Gasteiger partial charge in [-0.05, 0) is 41.1 Å². The maximum Gasteiger partial charge on any atom is 0.243 e. The summed E-state index contributed by atoms with van der Waals surface area (Å²) < 4.78 is 41.4. The highest BCUT2D eigenvalue weighted by molar-refractivity contribution is 7.89. The monoisotopic (exact) mass is 475 g/mol. The number of anilines is 1. The number of carbonyl (C=O) groups is 1. The molecule has 0 atom stereocenters. The minimum atomic E-state index is -3.58. The van der Waals surface area contributed by atoms with Crippen LogP contribution in [-0.4, -0.2) is 56.3 Å². The Morgan fingerprint density at radius 1 is 0.969 bits per heavy atom. The van der Waals surface area contributed by atoms with Gasteiger partial charge in [-0.25, -0.2) is 12.8 Å². The minimum absolute atomic E-state index is 0.0886. The number of benzene rings is 3. The number of sulfonamides is 1. The first-order valence-corrected chi connectivity index (χ1v) is 12.1. The Bertz CT molecular complexity index is 1240. The van der Waals surface area contributed by atoms with E-state index in [0.29, 0.717) is 32.7 Å². The lowest BCUT2D eigenvalue weighted by molar-refractivity contribution is -0.116. The van der Waals surface area contributed by atoms with Crippen LogP contribution in [0, 0.1) is 5.82 Å². The molecule has 1 amide bonds. The summed E-state index contributed by atoms with van der Waals surface area (Å²) in [4.78, 5) is 14.5. The zero-order chi connectivity index (χ0) is 22.7. The summed E-state index contributed by atoms with van der Waals surface area (Å²) in [5.74, 6) is -0.893. The lowest BCUT2D eigenvalue weighted by Gasteiger charge is -2.33. The van der Waals surface area contributed by atoms with Crippen molar-refractivity contribution in [2.75, 3.05) is 38.0 Å². The van der Waals surface area contributed by atoms with Crippen molar-refractivity contribution in [2.45, 2.75) is 11.3 Å². The number of rotatable bonds is 6. The Hall–Kier alpha value is -2.52. The first kappa shape index (κ1) is 22.7. The van der Waals surface area contributed by atoms with Gasteiger partial charge in [0.2, 0.25) is 15.9 Å². The molecule has 0 aliphatic carbocycles. The van der Waals surface area contributed by atoms with Crippen LogP contribution in [0.15, 0.2) is 65.6 Å². The van der Waals surface area contributed by atoms with Gasteiger partial charge in [0.25, 0.3) is 0 Å². The maximum absolute atomic E-state index is 13.8. The maximum atomic E-state index is 13.8. The van der Waals surface area contributed by atoms with E-state index in [0.717, 1.165) is 16.8 Å². The molecule has 168 valence electrons. The average molecular weight is 476 g/mol. The molecule has 0 spiro atoms. The number of piperazine rings is 1. The van der Waals surface area contributed by atoms with Crippen LogP contribution in [-0.2, 0) is 14.8 Å². The van der Waals surface area contributed by atoms with Gasteiger partial charge < -0.3 is 10.2 Å². The highest BCUT2D eigenvalue weighted by Gasteiger charge is 2.28. The van der Waals surface area contributed by atoms with Crippen LogP contribution in [0.2, 0.25) is 5.02 Å². The Morgan fingerprint density at radius 2 is 1.69 bits per heavy atom. The Kier molecular flexibility index (Phi) is 6.76. The summed E-state index contributed by atoms with van der Waals surface area (Å²) in [6.07, 6.45) is 0.180. The van der Waals surface area contributed by atoms with E-state index >= 15 is 0 Å². The van der Waals surface area contributed by atoms with Gasteiger partial charge in [0.1, 0.15) is 5.82 Å². The van der Waals surface area contributed by atoms with Crippen LogP contribution in [0.3, 0.4) is 0 Å². The molecule has 0 saturated carbocycles. The van der Waals surface area contributed by atoms with Gasteiger partial charge in [-0.15, -0.1) is 0 Å². The summed E-state index contributed by atoms with van der Waals surface area (Å²) in [6.45, 7) is 2.21. The Morgan fingerprint density at radius 3 is 2.41 bits per heavy atom. The molecule has 1 N–H and O–H groups in total. The predicted octanol–water partition coefficient (Wildman–Crippen LogP) is 3.97. The first-order valence-electron chi connectivity index (χ1n) is 10.3. The van der Waals surface area contributed by atoms with Gasteiger partial charge in [-0.1, -0.05) is 41.9 Å². The van der Waals surface area contributed by atoms with Crippen molar-refractivity contribution in [1.29, 1.82) is 0 Å². The summed E-state index contributed by atoms with van der Waals surface area (Å²) in [5, 5.41) is 4.68. The van der Waals surface area contributed by atoms with E-state index in [1.54, 1.807) is 12.1 Å². The fourth-order valence-electron chi connectivity index (χ4n) is 3.73. The molecule has 1 saturated heterocycles. The van der Waals surface area contributed by atoms with Crippen molar-refractivity contribution < 1.29 is 17.6 Å². The van der Waals surface area contributed by atoms with Crippen molar-refractivity contribution in [1.82, 2.24) is 9.21 Å². The molecule has 3 aromatic rings. The highest BCUT2D eigenvalue weighted by Crippen LogP contribution is 2.23. The zero-order valence-corrected chi connectivity index (χ0v) is 18.9. The standard InChI is InChI=1S/C23H23ClFN3O3S/c24-19-6-8-22(21(25)16-19)26-23(29)9-10-27-11-13-28(14-12-27)32(30,31)20-7-5-17-3-1-2-4-18(17)15-20/h1-8,15-16H,9-14H2,(H,26,29). The fraction of sp³-hybridized carbons (Fsp3) is 0.261. The van der Waals surface area contributed by atoms with Crippen LogP contribution in [0.1, 0.15) is 6.42 Å². The molecule has 6 nitrogen and oxygen atoms in total. The van der Waals surface area contributed by atoms with E-state index in [9.17, 15) is 17.6 Å². The molecule has 0 unspecified atom stereocenters. The van der Waals surface area contributed by atoms with Crippen molar-refractivity contribution in [2.24, 2.45) is 0 Å². The number of hydrogen-bond donors (Lipinski definition) is 1. The van der Waals surface area contributed by atoms with Crippen molar-refractivity contribution in [3.05, 3.63) is 71.5 Å². The van der Waals surface area contributed by atoms with Gasteiger partial charge >= 0.3 is 0 Å². The van der Waals surface area contributed by atoms with Crippen LogP contribution >= 0.6 is 11.6 Å². The van der Waals surface area contributed by atoms with E-state index < -0.39 is 15.8 Å². The van der Waals surface area contributed by atoms with Gasteiger partial charge in [0.05, 0.1) is 10.6 Å². The quantitative estimate of drug-likeness (QED) is 0.585. The molecule has 3 aromatic carbocycles. The number of amides is 1. The molecule has 1 aliphatic rings. The fourth-order valence-corrected chi connectivity index (χ4v) is 5.35. The first-order chi connectivity index (χ1) is 15.3. The molecular formula is C23H23ClFN3O3S. The van der Waals surface area contributed by atoms with Gasteiger partial charge in [0, 0.05) is 44.2 Å². The molecule has 1 aliphatic heterocycles. The van der Waals surface area contributed by atoms with E-state index in [1.807, 2.05) is 35.2 Å². The van der Waals surface area contributed by atoms with Crippen LogP contribution in [0.4, 0.5) is 10.1 Å². The van der Waals surface area contributed by atoms with Gasteiger partial charge in [0.15, 0.2) is 0 Å². The van der Waals surface area contributed by atoms with Crippen LogP contribution < -0.4 is 5.32 Å². The molecule has 0 radical (unpaired) electrons. The molecule has 9 heteroatoms. The Balaban J connectivity index is 1.30. The van der Waals surface area contributed by atoms with E-state index in [-0.39, 0.29) is 27.9 Å². The van der Waals surface area contributed by atoms with Gasteiger partial charge in [-0.2, -0.15) is 4.31 Å². The topological polar surface area (TPSA) is 69.7 Å². The molecule has 1 fully saturated rings. The number of carbonyl (C=O) groups excluding carboxylic acids is 1. The summed E-state index contributed by atoms with van der Waals surface area (Å²) in [6, 6.07) is 16.9. The molecule has 4 rings (SSSR count). The number of fused-ring (bicyclic) bond motifs is 1. The molecule has 1 heterocycles. The third kappa shape index (κ3) is 5.10. The molecule has 0 aromatic heterocycles. The Labute approximate surface area is 191 Å². The van der Waals surface area contributed by atoms with Crippen molar-refractivity contribution in [3.63, 3.8) is 0 Å². The number of hydrogen-bond acceptors (Lipinski definition) is 4. The van der Waals surface area contributed by atoms with Crippen molar-refractivity contribution in [3.8, 4) is 0 Å². The zero-order valence-electron chi connectivity index (χ0n) is 17.3.